The van der Waals surface area contributed by atoms with E-state index in [0.29, 0.717) is 81.9 Å². The first-order valence-corrected chi connectivity index (χ1v) is 27.8. The molecule has 3 aromatic carbocycles. The van der Waals surface area contributed by atoms with Gasteiger partial charge in [0, 0.05) is 83.0 Å². The van der Waals surface area contributed by atoms with Gasteiger partial charge in [0.15, 0.2) is 0 Å². The van der Waals surface area contributed by atoms with Crippen molar-refractivity contribution >= 4 is 174 Å². The van der Waals surface area contributed by atoms with Crippen LogP contribution < -0.4 is 65.1 Å². The summed E-state index contributed by atoms with van der Waals surface area (Å²) in [5, 5.41) is 30.5. The summed E-state index contributed by atoms with van der Waals surface area (Å²) in [6.07, 6.45) is 8.79. The van der Waals surface area contributed by atoms with Crippen LogP contribution in [0.2, 0.25) is 15.1 Å². The largest absolute Gasteiger partial charge is 0.365 e. The topological polar surface area (TPSA) is 289 Å². The number of nitrogens with one attached hydrogen (secondary N) is 9. The molecule has 0 radical (unpaired) electrons. The Morgan fingerprint density at radius 1 is 0.405 bits per heavy atom. The molecule has 6 atom stereocenters. The molecule has 15 N–H and O–H groups in total. The van der Waals surface area contributed by atoms with Gasteiger partial charge in [0.2, 0.25) is 0 Å². The Hall–Kier alpha value is -5.40. The highest BCUT2D eigenvalue weighted by Crippen LogP contribution is 2.48. The SMILES string of the molecule is C.Cl.Cl.Cl.NC(=O)c1c(NC(=O)Nc2ccc(Cl)cc2)sc2c1CC1CCC2N1.NC(=O)c1c(NC(=O)Nc2ccc(Cl)cc2)sc2c1CC1CCC2N1.NC(=O)c1c(NC(=O)Nc2ccc(Cl)cc2)sc2c1CC1CCC2N1. The van der Waals surface area contributed by atoms with Crippen LogP contribution in [0.15, 0.2) is 72.8 Å². The molecule has 79 heavy (non-hydrogen) atoms. The van der Waals surface area contributed by atoms with Gasteiger partial charge >= 0.3 is 18.1 Å². The van der Waals surface area contributed by atoms with Gasteiger partial charge in [0.05, 0.1) is 16.7 Å². The van der Waals surface area contributed by atoms with Gasteiger partial charge < -0.3 is 49.1 Å². The van der Waals surface area contributed by atoms with E-state index in [1.165, 1.54) is 34.0 Å². The maximum absolute atomic E-state index is 12.3. The van der Waals surface area contributed by atoms with E-state index in [4.69, 9.17) is 52.0 Å². The first kappa shape index (κ1) is 62.8. The van der Waals surface area contributed by atoms with Crippen molar-refractivity contribution in [3.8, 4) is 0 Å². The molecule has 3 fully saturated rings. The maximum Gasteiger partial charge on any atom is 0.324 e. The average Bonchev–Trinajstić information content (AvgIpc) is 4.45. The van der Waals surface area contributed by atoms with Crippen LogP contribution in [-0.4, -0.2) is 53.9 Å². The van der Waals surface area contributed by atoms with E-state index in [1.54, 1.807) is 72.8 Å². The molecule has 0 aliphatic carbocycles. The Bertz CT molecular complexity index is 2900. The number of nitrogens with two attached hydrogens (primary N) is 3. The van der Waals surface area contributed by atoms with Crippen molar-refractivity contribution in [2.24, 2.45) is 17.2 Å². The minimum absolute atomic E-state index is 0. The number of urea groups is 3. The maximum atomic E-state index is 12.3. The molecule has 0 spiro atoms. The predicted molar refractivity (Wildman–Crippen MR) is 327 cm³/mol. The standard InChI is InChI=1S/3C17H17ClN4O2S.CH4.3ClH/c3*18-8-1-3-9(4-2-8)21-17(24)22-16-13(15(19)23)11-7-10-5-6-12(20-10)14(11)25-16;;;;/h3*1-4,10,12,20H,5-7H2,(H2,19,23)(H2,21,22,24);1H4;3*1H. The van der Waals surface area contributed by atoms with Gasteiger partial charge in [-0.25, -0.2) is 14.4 Å². The van der Waals surface area contributed by atoms with E-state index in [1.807, 2.05) is 0 Å². The molecule has 6 aromatic rings. The Morgan fingerprint density at radius 2 is 0.646 bits per heavy atom. The van der Waals surface area contributed by atoms with Gasteiger partial charge in [0.25, 0.3) is 17.7 Å². The summed E-state index contributed by atoms with van der Waals surface area (Å²) >= 11 is 21.8. The number of carbonyl (C=O) groups is 6. The van der Waals surface area contributed by atoms with Crippen molar-refractivity contribution in [2.75, 3.05) is 31.9 Å². The summed E-state index contributed by atoms with van der Waals surface area (Å²) in [6.45, 7) is 0. The second kappa shape index (κ2) is 26.9. The van der Waals surface area contributed by atoms with Crippen molar-refractivity contribution < 1.29 is 28.8 Å². The van der Waals surface area contributed by atoms with Crippen LogP contribution in [0, 0.1) is 0 Å². The second-order valence-corrected chi connectivity index (χ2v) is 23.4. The second-order valence-electron chi connectivity index (χ2n) is 18.9. The number of primary amides is 3. The van der Waals surface area contributed by atoms with Crippen molar-refractivity contribution in [3.63, 3.8) is 0 Å². The number of halogens is 6. The number of thiophene rings is 3. The molecule has 9 amide bonds. The number of amides is 9. The van der Waals surface area contributed by atoms with Gasteiger partial charge in [-0.1, -0.05) is 42.2 Å². The first-order valence-electron chi connectivity index (χ1n) is 24.2. The van der Waals surface area contributed by atoms with Gasteiger partial charge in [0.1, 0.15) is 15.0 Å². The highest BCUT2D eigenvalue weighted by atomic mass is 35.5. The lowest BCUT2D eigenvalue weighted by atomic mass is 9.98. The molecule has 6 aliphatic heterocycles. The van der Waals surface area contributed by atoms with Gasteiger partial charge in [-0.2, -0.15) is 0 Å². The molecule has 9 heterocycles. The van der Waals surface area contributed by atoms with E-state index >= 15 is 0 Å². The molecule has 422 valence electrons. The lowest BCUT2D eigenvalue weighted by molar-refractivity contribution is 0.0991. The number of anilines is 6. The fourth-order valence-corrected chi connectivity index (χ4v) is 15.0. The molecular formula is C52H58Cl6N12O6S3. The van der Waals surface area contributed by atoms with Crippen LogP contribution in [0.5, 0.6) is 0 Å². The molecule has 12 rings (SSSR count). The van der Waals surface area contributed by atoms with Gasteiger partial charge in [-0.05, 0) is 147 Å². The molecule has 18 nitrogen and oxygen atoms in total. The normalized spacial score (nSPS) is 19.8. The van der Waals surface area contributed by atoms with Crippen LogP contribution in [0.25, 0.3) is 0 Å². The van der Waals surface area contributed by atoms with Crippen LogP contribution >= 0.6 is 106 Å². The third kappa shape index (κ3) is 14.2. The average molecular weight is 1260 g/mol. The number of carbonyl (C=O) groups excluding carboxylic acids is 6. The van der Waals surface area contributed by atoms with E-state index in [-0.39, 0.29) is 62.8 Å². The third-order valence-electron chi connectivity index (χ3n) is 13.9. The van der Waals surface area contributed by atoms with Crippen molar-refractivity contribution in [2.45, 2.75) is 101 Å². The summed E-state index contributed by atoms with van der Waals surface area (Å²) in [5.41, 5.74) is 23.0. The molecule has 3 aromatic heterocycles. The van der Waals surface area contributed by atoms with E-state index in [2.05, 4.69) is 47.9 Å². The summed E-state index contributed by atoms with van der Waals surface area (Å²) in [4.78, 5) is 76.2. The Morgan fingerprint density at radius 3 is 0.873 bits per heavy atom. The summed E-state index contributed by atoms with van der Waals surface area (Å²) < 4.78 is 0. The summed E-state index contributed by atoms with van der Waals surface area (Å²) in [6, 6.07) is 21.1. The summed E-state index contributed by atoms with van der Waals surface area (Å²) in [5.74, 6) is -1.50. The van der Waals surface area contributed by atoms with Crippen molar-refractivity contribution in [1.29, 1.82) is 0 Å². The first-order chi connectivity index (χ1) is 36.0. The Balaban J connectivity index is 0.000000187. The van der Waals surface area contributed by atoms with Crippen LogP contribution in [0.1, 0.15) is 126 Å². The lowest BCUT2D eigenvalue weighted by Crippen LogP contribution is -2.32. The fourth-order valence-electron chi connectivity index (χ4n) is 10.6. The minimum atomic E-state index is -0.499. The monoisotopic (exact) mass is 1250 g/mol. The molecule has 6 aliphatic rings. The molecule has 27 heteroatoms. The van der Waals surface area contributed by atoms with E-state index in [9.17, 15) is 28.8 Å². The highest BCUT2D eigenvalue weighted by Gasteiger charge is 2.40. The predicted octanol–water partition coefficient (Wildman–Crippen LogP) is 12.4. The highest BCUT2D eigenvalue weighted by molar-refractivity contribution is 7.17. The van der Waals surface area contributed by atoms with E-state index < -0.39 is 35.8 Å². The zero-order valence-corrected chi connectivity index (χ0v) is 48.2. The molecule has 6 unspecified atom stereocenters. The van der Waals surface area contributed by atoms with Gasteiger partial charge in [-0.3, -0.25) is 30.3 Å². The zero-order chi connectivity index (χ0) is 52.7. The number of hydrogen-bond donors (Lipinski definition) is 12. The van der Waals surface area contributed by atoms with Crippen molar-refractivity contribution in [1.82, 2.24) is 16.0 Å². The molecular weight excluding hydrogens is 1200 g/mol. The Kier molecular flexibility index (Phi) is 21.4. The fraction of sp³-hybridized carbons (Fsp3) is 0.308. The molecule has 0 saturated carbocycles. The Labute approximate surface area is 501 Å². The minimum Gasteiger partial charge on any atom is -0.365 e. The van der Waals surface area contributed by atoms with Gasteiger partial charge in [-0.15, -0.1) is 71.2 Å². The van der Waals surface area contributed by atoms with Crippen molar-refractivity contribution in [3.05, 3.63) is 136 Å². The smallest absolute Gasteiger partial charge is 0.324 e. The number of hydrogen-bond acceptors (Lipinski definition) is 12. The molecule has 6 bridgehead atoms. The quantitative estimate of drug-likeness (QED) is 0.0654. The molecule has 3 saturated heterocycles. The lowest BCUT2D eigenvalue weighted by Gasteiger charge is -2.21. The van der Waals surface area contributed by atoms with E-state index in [0.717, 1.165) is 89.1 Å². The summed E-state index contributed by atoms with van der Waals surface area (Å²) in [7, 11) is 0. The number of fused-ring (bicyclic) bond motifs is 12. The number of rotatable bonds is 9. The zero-order valence-electron chi connectivity index (χ0n) is 41.0. The third-order valence-corrected chi connectivity index (χ3v) is 18.4. The number of benzene rings is 3. The van der Waals surface area contributed by atoms with Crippen LogP contribution in [0.4, 0.5) is 46.4 Å². The van der Waals surface area contributed by atoms with Crippen LogP contribution in [-0.2, 0) is 19.3 Å². The van der Waals surface area contributed by atoms with Crippen LogP contribution in [0.3, 0.4) is 0 Å².